The fraction of sp³-hybridized carbons (Fsp3) is 0.136. The van der Waals surface area contributed by atoms with Crippen LogP contribution in [-0.4, -0.2) is 12.8 Å². The van der Waals surface area contributed by atoms with Crippen molar-refractivity contribution in [2.75, 3.05) is 12.1 Å². The molecule has 0 aromatic heterocycles. The molecule has 3 aromatic rings. The number of methoxy groups -OCH3 is 1. The summed E-state index contributed by atoms with van der Waals surface area (Å²) < 4.78 is 6.32. The first-order chi connectivity index (χ1) is 13.2. The van der Waals surface area contributed by atoms with E-state index < -0.39 is 0 Å². The molecule has 0 aliphatic carbocycles. The van der Waals surface area contributed by atoms with Crippen LogP contribution in [0.3, 0.4) is 0 Å². The Morgan fingerprint density at radius 1 is 1.00 bits per heavy atom. The molecule has 4 rings (SSSR count). The van der Waals surface area contributed by atoms with Crippen molar-refractivity contribution < 1.29 is 4.74 Å². The summed E-state index contributed by atoms with van der Waals surface area (Å²) in [6.07, 6.45) is 0.815. The van der Waals surface area contributed by atoms with E-state index in [1.165, 1.54) is 5.56 Å². The summed E-state index contributed by atoms with van der Waals surface area (Å²) in [7, 11) is 1.68. The largest absolute Gasteiger partial charge is 0.497 e. The highest BCUT2D eigenvalue weighted by Gasteiger charge is 2.30. The Kier molecular flexibility index (Phi) is 5.19. The van der Waals surface area contributed by atoms with Crippen molar-refractivity contribution in [3.63, 3.8) is 0 Å². The second-order valence-electron chi connectivity index (χ2n) is 6.34. The van der Waals surface area contributed by atoms with Crippen LogP contribution in [-0.2, 0) is 0 Å². The number of ether oxygens (including phenoxy) is 1. The molecule has 1 aliphatic rings. The first-order valence-electron chi connectivity index (χ1n) is 8.67. The highest BCUT2D eigenvalue weighted by molar-refractivity contribution is 9.10. The van der Waals surface area contributed by atoms with Crippen molar-refractivity contribution >= 4 is 38.9 Å². The molecule has 1 atom stereocenters. The first-order valence-corrected chi connectivity index (χ1v) is 9.84. The minimum absolute atomic E-state index is 0.111. The van der Waals surface area contributed by atoms with Crippen LogP contribution in [0, 0.1) is 0 Å². The third-order valence-corrected chi connectivity index (χ3v) is 5.61. The molecule has 0 radical (unpaired) electrons. The van der Waals surface area contributed by atoms with Crippen LogP contribution >= 0.6 is 27.5 Å². The van der Waals surface area contributed by atoms with E-state index in [1.54, 1.807) is 7.11 Å². The number of nitrogens with zero attached hydrogens (tertiary/aromatic N) is 2. The maximum Gasteiger partial charge on any atom is 0.118 e. The number of anilines is 1. The first kappa shape index (κ1) is 18.1. The van der Waals surface area contributed by atoms with Gasteiger partial charge in [0.05, 0.1) is 24.6 Å². The fourth-order valence-corrected chi connectivity index (χ4v) is 3.86. The van der Waals surface area contributed by atoms with E-state index in [0.29, 0.717) is 0 Å². The van der Waals surface area contributed by atoms with Gasteiger partial charge < -0.3 is 4.74 Å². The van der Waals surface area contributed by atoms with Gasteiger partial charge in [-0.15, -0.1) is 0 Å². The number of hydrogen-bond donors (Lipinski definition) is 0. The Morgan fingerprint density at radius 3 is 2.37 bits per heavy atom. The zero-order valence-electron chi connectivity index (χ0n) is 14.8. The van der Waals surface area contributed by atoms with Crippen molar-refractivity contribution in [3.8, 4) is 5.75 Å². The van der Waals surface area contributed by atoms with Gasteiger partial charge in [-0.1, -0.05) is 48.0 Å². The summed E-state index contributed by atoms with van der Waals surface area (Å²) in [6.45, 7) is 0. The fourth-order valence-electron chi connectivity index (χ4n) is 3.27. The number of hydrogen-bond acceptors (Lipinski definition) is 3. The van der Waals surface area contributed by atoms with E-state index in [2.05, 4.69) is 39.1 Å². The average molecular weight is 442 g/mol. The van der Waals surface area contributed by atoms with Gasteiger partial charge in [0.2, 0.25) is 0 Å². The predicted octanol–water partition coefficient (Wildman–Crippen LogP) is 6.47. The Hall–Kier alpha value is -2.30. The normalized spacial score (nSPS) is 16.3. The number of para-hydroxylation sites is 1. The van der Waals surface area contributed by atoms with Gasteiger partial charge in [0, 0.05) is 15.9 Å². The molecular weight excluding hydrogens is 424 g/mol. The van der Waals surface area contributed by atoms with Crippen LogP contribution in [0.4, 0.5) is 5.69 Å². The summed E-state index contributed by atoms with van der Waals surface area (Å²) in [5.74, 6) is 0.850. The molecule has 0 spiro atoms. The molecule has 0 saturated carbocycles. The lowest BCUT2D eigenvalue weighted by molar-refractivity contribution is 0.414. The molecule has 3 aromatic carbocycles. The minimum Gasteiger partial charge on any atom is -0.497 e. The second-order valence-corrected chi connectivity index (χ2v) is 7.63. The van der Waals surface area contributed by atoms with Gasteiger partial charge >= 0.3 is 0 Å². The molecule has 1 heterocycles. The van der Waals surface area contributed by atoms with Crippen LogP contribution < -0.4 is 9.75 Å². The average Bonchev–Trinajstić information content (AvgIpc) is 3.14. The summed E-state index contributed by atoms with van der Waals surface area (Å²) >= 11 is 9.71. The molecular formula is C22H18BrClN2O. The molecule has 0 amide bonds. The summed E-state index contributed by atoms with van der Waals surface area (Å²) in [5, 5.41) is 7.79. The maximum atomic E-state index is 6.05. The van der Waals surface area contributed by atoms with Crippen LogP contribution in [0.15, 0.2) is 82.4 Å². The molecule has 3 nitrogen and oxygen atoms in total. The molecule has 5 heteroatoms. The maximum absolute atomic E-state index is 6.05. The standard InChI is InChI=1S/C22H18BrClN2O/c1-27-18-12-8-16(9-13-18)22-14-20(15-6-10-17(24)11-7-15)25-26(22)21-5-3-2-4-19(21)23/h2-13,22H,14H2,1H3. The van der Waals surface area contributed by atoms with Crippen LogP contribution in [0.25, 0.3) is 0 Å². The monoisotopic (exact) mass is 440 g/mol. The molecule has 0 saturated heterocycles. The van der Waals surface area contributed by atoms with Gasteiger partial charge in [-0.05, 0) is 63.5 Å². The Bertz CT molecular complexity index is 970. The Morgan fingerprint density at radius 2 is 1.70 bits per heavy atom. The van der Waals surface area contributed by atoms with E-state index in [-0.39, 0.29) is 6.04 Å². The zero-order valence-corrected chi connectivity index (χ0v) is 17.1. The van der Waals surface area contributed by atoms with Crippen molar-refractivity contribution in [3.05, 3.63) is 93.4 Å². The Balaban J connectivity index is 1.75. The highest BCUT2D eigenvalue weighted by atomic mass is 79.9. The van der Waals surface area contributed by atoms with Gasteiger partial charge in [-0.3, -0.25) is 5.01 Å². The van der Waals surface area contributed by atoms with Crippen molar-refractivity contribution in [2.24, 2.45) is 5.10 Å². The van der Waals surface area contributed by atoms with Crippen LogP contribution in [0.2, 0.25) is 5.02 Å². The molecule has 0 N–H and O–H groups in total. The van der Waals surface area contributed by atoms with E-state index in [9.17, 15) is 0 Å². The van der Waals surface area contributed by atoms with E-state index in [1.807, 2.05) is 54.6 Å². The summed E-state index contributed by atoms with van der Waals surface area (Å²) in [6, 6.07) is 24.3. The summed E-state index contributed by atoms with van der Waals surface area (Å²) in [5.41, 5.74) is 4.37. The zero-order chi connectivity index (χ0) is 18.8. The quantitative estimate of drug-likeness (QED) is 0.464. The lowest BCUT2D eigenvalue weighted by Crippen LogP contribution is -2.18. The van der Waals surface area contributed by atoms with Gasteiger partial charge in [0.15, 0.2) is 0 Å². The van der Waals surface area contributed by atoms with E-state index in [0.717, 1.165) is 38.6 Å². The lowest BCUT2D eigenvalue weighted by Gasteiger charge is -2.25. The van der Waals surface area contributed by atoms with E-state index in [4.69, 9.17) is 21.4 Å². The van der Waals surface area contributed by atoms with E-state index >= 15 is 0 Å². The highest BCUT2D eigenvalue weighted by Crippen LogP contribution is 2.40. The van der Waals surface area contributed by atoms with Gasteiger partial charge in [-0.25, -0.2) is 0 Å². The van der Waals surface area contributed by atoms with Crippen LogP contribution in [0.5, 0.6) is 5.75 Å². The lowest BCUT2D eigenvalue weighted by atomic mass is 9.98. The molecule has 136 valence electrons. The Labute approximate surface area is 172 Å². The molecule has 0 fully saturated rings. The van der Waals surface area contributed by atoms with Gasteiger partial charge in [0.25, 0.3) is 0 Å². The number of halogens is 2. The van der Waals surface area contributed by atoms with Crippen molar-refractivity contribution in [1.82, 2.24) is 0 Å². The SMILES string of the molecule is COc1ccc(C2CC(c3ccc(Cl)cc3)=NN2c2ccccc2Br)cc1. The predicted molar refractivity (Wildman–Crippen MR) is 115 cm³/mol. The van der Waals surface area contributed by atoms with Crippen molar-refractivity contribution in [1.29, 1.82) is 0 Å². The number of rotatable bonds is 4. The van der Waals surface area contributed by atoms with Crippen LogP contribution in [0.1, 0.15) is 23.6 Å². The topological polar surface area (TPSA) is 24.8 Å². The molecule has 1 unspecified atom stereocenters. The van der Waals surface area contributed by atoms with Gasteiger partial charge in [-0.2, -0.15) is 5.10 Å². The summed E-state index contributed by atoms with van der Waals surface area (Å²) in [4.78, 5) is 0. The smallest absolute Gasteiger partial charge is 0.118 e. The third-order valence-electron chi connectivity index (χ3n) is 4.69. The van der Waals surface area contributed by atoms with Crippen molar-refractivity contribution in [2.45, 2.75) is 12.5 Å². The minimum atomic E-state index is 0.111. The molecule has 1 aliphatic heterocycles. The molecule has 27 heavy (non-hydrogen) atoms. The molecule has 0 bridgehead atoms. The number of hydrazone groups is 1. The number of benzene rings is 3. The second kappa shape index (κ2) is 7.75. The third kappa shape index (κ3) is 3.73. The van der Waals surface area contributed by atoms with Gasteiger partial charge in [0.1, 0.15) is 5.75 Å².